The number of rotatable bonds is 6. The second kappa shape index (κ2) is 6.91. The van der Waals surface area contributed by atoms with Crippen molar-refractivity contribution in [3.8, 4) is 5.88 Å². The molecular formula is C17H16ClN5O3S. The van der Waals surface area contributed by atoms with Crippen LogP contribution in [0.25, 0.3) is 11.0 Å². The van der Waals surface area contributed by atoms with Crippen molar-refractivity contribution in [1.82, 2.24) is 15.0 Å². The van der Waals surface area contributed by atoms with Crippen LogP contribution < -0.4 is 15.2 Å². The van der Waals surface area contributed by atoms with Gasteiger partial charge in [-0.15, -0.1) is 0 Å². The van der Waals surface area contributed by atoms with Crippen LogP contribution in [0.2, 0.25) is 5.15 Å². The zero-order valence-electron chi connectivity index (χ0n) is 14.1. The number of nitrogens with zero attached hydrogens (tertiary/aromatic N) is 3. The van der Waals surface area contributed by atoms with E-state index in [0.717, 1.165) is 18.4 Å². The van der Waals surface area contributed by atoms with Crippen molar-refractivity contribution in [2.45, 2.75) is 30.4 Å². The number of halogens is 1. The van der Waals surface area contributed by atoms with E-state index in [1.165, 1.54) is 12.1 Å². The molecule has 0 amide bonds. The van der Waals surface area contributed by atoms with Gasteiger partial charge in [0.2, 0.25) is 21.9 Å². The van der Waals surface area contributed by atoms with Crippen LogP contribution in [-0.4, -0.2) is 29.5 Å². The van der Waals surface area contributed by atoms with Crippen molar-refractivity contribution in [1.29, 1.82) is 0 Å². The van der Waals surface area contributed by atoms with E-state index in [2.05, 4.69) is 20.3 Å². The van der Waals surface area contributed by atoms with Crippen molar-refractivity contribution in [3.05, 3.63) is 47.1 Å². The predicted molar refractivity (Wildman–Crippen MR) is 101 cm³/mol. The summed E-state index contributed by atoms with van der Waals surface area (Å²) in [5.41, 5.74) is 2.00. The molecule has 2 heterocycles. The number of sulfonamides is 1. The zero-order valence-corrected chi connectivity index (χ0v) is 15.7. The molecule has 0 aliphatic heterocycles. The lowest BCUT2D eigenvalue weighted by molar-refractivity contribution is 0.294. The molecule has 0 saturated heterocycles. The van der Waals surface area contributed by atoms with E-state index in [-0.39, 0.29) is 11.0 Å². The summed E-state index contributed by atoms with van der Waals surface area (Å²) in [4.78, 5) is 13.2. The van der Waals surface area contributed by atoms with Gasteiger partial charge in [0.1, 0.15) is 11.3 Å². The van der Waals surface area contributed by atoms with E-state index >= 15 is 0 Å². The van der Waals surface area contributed by atoms with E-state index in [9.17, 15) is 8.42 Å². The van der Waals surface area contributed by atoms with Gasteiger partial charge in [-0.05, 0) is 42.7 Å². The van der Waals surface area contributed by atoms with Gasteiger partial charge in [0.15, 0.2) is 5.52 Å². The molecule has 0 atom stereocenters. The monoisotopic (exact) mass is 405 g/mol. The van der Waals surface area contributed by atoms with Crippen LogP contribution in [-0.2, 0) is 16.6 Å². The number of primary sulfonamides is 1. The first-order valence-electron chi connectivity index (χ1n) is 8.25. The minimum absolute atomic E-state index is 0.0660. The Morgan fingerprint density at radius 2 is 1.85 bits per heavy atom. The normalized spacial score (nSPS) is 14.3. The Hall–Kier alpha value is -2.49. The average molecular weight is 406 g/mol. The van der Waals surface area contributed by atoms with Gasteiger partial charge < -0.3 is 10.1 Å². The van der Waals surface area contributed by atoms with Gasteiger partial charge in [-0.1, -0.05) is 23.7 Å². The molecule has 2 aromatic heterocycles. The molecule has 3 aromatic rings. The van der Waals surface area contributed by atoms with Crippen LogP contribution in [0, 0.1) is 0 Å². The molecule has 1 aliphatic carbocycles. The third-order valence-electron chi connectivity index (χ3n) is 3.98. The Balaban J connectivity index is 1.57. The molecular weight excluding hydrogens is 390 g/mol. The topological polar surface area (TPSA) is 120 Å². The summed E-state index contributed by atoms with van der Waals surface area (Å²) < 4.78 is 28.5. The Morgan fingerprint density at radius 1 is 1.11 bits per heavy atom. The minimum Gasteiger partial charge on any atom is -0.473 e. The molecule has 0 unspecified atom stereocenters. The summed E-state index contributed by atoms with van der Waals surface area (Å²) in [6.07, 6.45) is 2.14. The summed E-state index contributed by atoms with van der Waals surface area (Å²) in [7, 11) is -3.71. The van der Waals surface area contributed by atoms with Crippen molar-refractivity contribution in [2.24, 2.45) is 5.14 Å². The molecule has 10 heteroatoms. The number of nitrogens with two attached hydrogens (primary N) is 1. The molecule has 4 rings (SSSR count). The first-order valence-corrected chi connectivity index (χ1v) is 10.2. The van der Waals surface area contributed by atoms with Gasteiger partial charge >= 0.3 is 0 Å². The van der Waals surface area contributed by atoms with Gasteiger partial charge in [0, 0.05) is 6.54 Å². The summed E-state index contributed by atoms with van der Waals surface area (Å²) in [6, 6.07) is 9.70. The Bertz CT molecular complexity index is 1100. The van der Waals surface area contributed by atoms with Crippen LogP contribution in [0.4, 0.5) is 5.95 Å². The van der Waals surface area contributed by atoms with Gasteiger partial charge in [0.25, 0.3) is 0 Å². The Kier molecular flexibility index (Phi) is 4.58. The van der Waals surface area contributed by atoms with Gasteiger partial charge in [-0.2, -0.15) is 4.98 Å². The standard InChI is InChI=1S/C17H16ClN5O3S/c18-14-8-7-13-15(22-14)16(26-11-3-4-11)23-17(21-13)20-9-10-1-5-12(6-2-10)27(19,24)25/h1-2,5-8,11H,3-4,9H2,(H2,19,24,25)(H,20,21,23). The molecule has 8 nitrogen and oxygen atoms in total. The summed E-state index contributed by atoms with van der Waals surface area (Å²) >= 11 is 5.98. The lowest BCUT2D eigenvalue weighted by Gasteiger charge is -2.10. The Morgan fingerprint density at radius 3 is 2.52 bits per heavy atom. The van der Waals surface area contributed by atoms with E-state index in [1.807, 2.05) is 0 Å². The second-order valence-corrected chi connectivity index (χ2v) is 8.16. The highest BCUT2D eigenvalue weighted by atomic mass is 35.5. The summed E-state index contributed by atoms with van der Waals surface area (Å²) in [6.45, 7) is 0.403. The number of benzene rings is 1. The first kappa shape index (κ1) is 17.9. The van der Waals surface area contributed by atoms with Crippen LogP contribution in [0.15, 0.2) is 41.3 Å². The summed E-state index contributed by atoms with van der Waals surface area (Å²) in [5, 5.41) is 8.57. The first-order chi connectivity index (χ1) is 12.9. The average Bonchev–Trinajstić information content (AvgIpc) is 3.44. The number of hydrogen-bond donors (Lipinski definition) is 2. The molecule has 0 radical (unpaired) electrons. The highest BCUT2D eigenvalue weighted by molar-refractivity contribution is 7.89. The van der Waals surface area contributed by atoms with Crippen LogP contribution in [0.1, 0.15) is 18.4 Å². The van der Waals surface area contributed by atoms with Crippen molar-refractivity contribution in [3.63, 3.8) is 0 Å². The minimum atomic E-state index is -3.71. The van der Waals surface area contributed by atoms with E-state index < -0.39 is 10.0 Å². The van der Waals surface area contributed by atoms with E-state index in [0.29, 0.717) is 34.6 Å². The number of anilines is 1. The fourth-order valence-corrected chi connectivity index (χ4v) is 3.11. The van der Waals surface area contributed by atoms with E-state index in [1.54, 1.807) is 24.3 Å². The Labute approximate surface area is 160 Å². The van der Waals surface area contributed by atoms with Gasteiger partial charge in [-0.25, -0.2) is 23.5 Å². The fraction of sp³-hybridized carbons (Fsp3) is 0.235. The highest BCUT2D eigenvalue weighted by Gasteiger charge is 2.26. The molecule has 1 fully saturated rings. The maximum Gasteiger partial charge on any atom is 0.245 e. The SMILES string of the molecule is NS(=O)(=O)c1ccc(CNc2nc(OC3CC3)c3nc(Cl)ccc3n2)cc1. The molecule has 0 spiro atoms. The molecule has 27 heavy (non-hydrogen) atoms. The quantitative estimate of drug-likeness (QED) is 0.604. The molecule has 3 N–H and O–H groups in total. The smallest absolute Gasteiger partial charge is 0.245 e. The van der Waals surface area contributed by atoms with Crippen LogP contribution >= 0.6 is 11.6 Å². The van der Waals surface area contributed by atoms with Crippen molar-refractivity contribution < 1.29 is 13.2 Å². The number of ether oxygens (including phenoxy) is 1. The molecule has 140 valence electrons. The van der Waals surface area contributed by atoms with Crippen LogP contribution in [0.3, 0.4) is 0 Å². The van der Waals surface area contributed by atoms with Crippen LogP contribution in [0.5, 0.6) is 5.88 Å². The second-order valence-electron chi connectivity index (χ2n) is 6.21. The molecule has 1 aliphatic rings. The number of fused-ring (bicyclic) bond motifs is 1. The van der Waals surface area contributed by atoms with E-state index in [4.69, 9.17) is 21.5 Å². The number of aromatic nitrogens is 3. The highest BCUT2D eigenvalue weighted by Crippen LogP contribution is 2.30. The molecule has 1 aromatic carbocycles. The third-order valence-corrected chi connectivity index (χ3v) is 5.12. The number of hydrogen-bond acceptors (Lipinski definition) is 7. The lowest BCUT2D eigenvalue weighted by atomic mass is 10.2. The third kappa shape index (κ3) is 4.26. The summed E-state index contributed by atoms with van der Waals surface area (Å²) in [5.74, 6) is 0.787. The van der Waals surface area contributed by atoms with Crippen molar-refractivity contribution >= 4 is 38.6 Å². The maximum absolute atomic E-state index is 11.3. The molecule has 1 saturated carbocycles. The zero-order chi connectivity index (χ0) is 19.0. The largest absolute Gasteiger partial charge is 0.473 e. The number of nitrogens with one attached hydrogen (secondary N) is 1. The maximum atomic E-state index is 11.3. The number of pyridine rings is 1. The fourth-order valence-electron chi connectivity index (χ4n) is 2.45. The van der Waals surface area contributed by atoms with Crippen molar-refractivity contribution in [2.75, 3.05) is 5.32 Å². The van der Waals surface area contributed by atoms with Gasteiger partial charge in [0.05, 0.1) is 10.4 Å². The predicted octanol–water partition coefficient (Wildman–Crippen LogP) is 2.48. The molecule has 0 bridgehead atoms. The van der Waals surface area contributed by atoms with Gasteiger partial charge in [-0.3, -0.25) is 0 Å². The lowest BCUT2D eigenvalue weighted by Crippen LogP contribution is -2.12.